The molecule has 2 aromatic rings. The van der Waals surface area contributed by atoms with E-state index in [1.54, 1.807) is 6.08 Å². The second kappa shape index (κ2) is 9.20. The molecular formula is C21H18N2O5S. The average Bonchev–Trinajstić information content (AvgIpc) is 2.96. The quantitative estimate of drug-likeness (QED) is 0.680. The summed E-state index contributed by atoms with van der Waals surface area (Å²) in [7, 11) is 0. The number of thioether (sulfide) groups is 1. The zero-order valence-electron chi connectivity index (χ0n) is 15.3. The summed E-state index contributed by atoms with van der Waals surface area (Å²) in [4.78, 5) is 47.9. The molecule has 3 amide bonds. The molecular weight excluding hydrogens is 392 g/mol. The Kier molecular flexibility index (Phi) is 6.46. The monoisotopic (exact) mass is 410 g/mol. The normalized spacial score (nSPS) is 15.0. The highest BCUT2D eigenvalue weighted by molar-refractivity contribution is 8.18. The summed E-state index contributed by atoms with van der Waals surface area (Å²) in [6.45, 7) is -0.497. The molecule has 1 fully saturated rings. The maximum atomic E-state index is 12.5. The molecule has 0 saturated carbocycles. The molecule has 0 spiro atoms. The van der Waals surface area contributed by atoms with Crippen LogP contribution in [0.15, 0.2) is 59.5 Å². The van der Waals surface area contributed by atoms with Gasteiger partial charge in [0.05, 0.1) is 11.3 Å². The van der Waals surface area contributed by atoms with Gasteiger partial charge in [0.25, 0.3) is 11.1 Å². The van der Waals surface area contributed by atoms with E-state index in [9.17, 15) is 19.2 Å². The third-order valence-corrected chi connectivity index (χ3v) is 5.06. The lowest BCUT2D eigenvalue weighted by Gasteiger charge is -2.11. The zero-order chi connectivity index (χ0) is 20.8. The van der Waals surface area contributed by atoms with Gasteiger partial charge in [-0.2, -0.15) is 0 Å². The lowest BCUT2D eigenvalue weighted by atomic mass is 10.0. The van der Waals surface area contributed by atoms with Gasteiger partial charge in [-0.25, -0.2) is 0 Å². The minimum atomic E-state index is -1.04. The van der Waals surface area contributed by atoms with Gasteiger partial charge >= 0.3 is 5.97 Å². The molecule has 3 rings (SSSR count). The van der Waals surface area contributed by atoms with Gasteiger partial charge in [0.1, 0.15) is 6.54 Å². The SMILES string of the molecule is O=C(O)CCNC(=O)CN1C(=O)S/C(=C\c2ccc(-c3ccccc3)cc2)C1=O. The number of aliphatic carboxylic acids is 1. The molecule has 0 atom stereocenters. The number of hydrogen-bond acceptors (Lipinski definition) is 5. The smallest absolute Gasteiger partial charge is 0.305 e. The van der Waals surface area contributed by atoms with Crippen LogP contribution in [0.5, 0.6) is 0 Å². The molecule has 148 valence electrons. The van der Waals surface area contributed by atoms with Crippen LogP contribution in [0, 0.1) is 0 Å². The summed E-state index contributed by atoms with van der Waals surface area (Å²) in [6, 6.07) is 17.4. The molecule has 7 nitrogen and oxygen atoms in total. The number of carboxylic acid groups (broad SMARTS) is 1. The van der Waals surface area contributed by atoms with E-state index in [2.05, 4.69) is 5.32 Å². The molecule has 0 aliphatic carbocycles. The first-order chi connectivity index (χ1) is 13.9. The summed E-state index contributed by atoms with van der Waals surface area (Å²) in [5.74, 6) is -2.17. The predicted octanol–water partition coefficient (Wildman–Crippen LogP) is 2.98. The highest BCUT2D eigenvalue weighted by Gasteiger charge is 2.36. The van der Waals surface area contributed by atoms with E-state index < -0.39 is 29.6 Å². The van der Waals surface area contributed by atoms with Crippen molar-refractivity contribution in [2.24, 2.45) is 0 Å². The molecule has 1 aliphatic rings. The number of imide groups is 1. The first-order valence-electron chi connectivity index (χ1n) is 8.83. The molecule has 0 bridgehead atoms. The number of rotatable bonds is 7. The Morgan fingerprint density at radius 1 is 1.00 bits per heavy atom. The third kappa shape index (κ3) is 5.32. The van der Waals surface area contributed by atoms with Gasteiger partial charge in [-0.15, -0.1) is 0 Å². The standard InChI is InChI=1S/C21H18N2O5S/c24-18(22-11-10-19(25)26)13-23-20(27)17(29-21(23)28)12-14-6-8-16(9-7-14)15-4-2-1-3-5-15/h1-9,12H,10-11,13H2,(H,22,24)(H,25,26)/b17-12-. The minimum absolute atomic E-state index is 0.0615. The topological polar surface area (TPSA) is 104 Å². The van der Waals surface area contributed by atoms with Gasteiger partial charge in [0.15, 0.2) is 0 Å². The lowest BCUT2D eigenvalue weighted by Crippen LogP contribution is -2.40. The van der Waals surface area contributed by atoms with Gasteiger partial charge in [0.2, 0.25) is 5.91 Å². The number of benzene rings is 2. The van der Waals surface area contributed by atoms with Crippen LogP contribution in [0.3, 0.4) is 0 Å². The van der Waals surface area contributed by atoms with Gasteiger partial charge in [-0.3, -0.25) is 24.1 Å². The Morgan fingerprint density at radius 3 is 2.31 bits per heavy atom. The van der Waals surface area contributed by atoms with Crippen molar-refractivity contribution < 1.29 is 24.3 Å². The summed E-state index contributed by atoms with van der Waals surface area (Å²) in [5, 5.41) is 10.4. The van der Waals surface area contributed by atoms with Crippen molar-refractivity contribution >= 4 is 40.9 Å². The summed E-state index contributed by atoms with van der Waals surface area (Å²) in [6.07, 6.45) is 1.38. The molecule has 1 aliphatic heterocycles. The van der Waals surface area contributed by atoms with Crippen LogP contribution < -0.4 is 5.32 Å². The molecule has 2 N–H and O–H groups in total. The summed E-state index contributed by atoms with van der Waals surface area (Å²) in [5.41, 5.74) is 2.88. The van der Waals surface area contributed by atoms with Gasteiger partial charge in [0, 0.05) is 6.54 Å². The molecule has 0 unspecified atom stereocenters. The Balaban J connectivity index is 1.65. The van der Waals surface area contributed by atoms with E-state index in [4.69, 9.17) is 5.11 Å². The number of nitrogens with one attached hydrogen (secondary N) is 1. The number of carbonyl (C=O) groups is 4. The Labute approximate surface area is 171 Å². The molecule has 29 heavy (non-hydrogen) atoms. The van der Waals surface area contributed by atoms with Crippen LogP contribution in [-0.4, -0.2) is 46.1 Å². The average molecular weight is 410 g/mol. The van der Waals surface area contributed by atoms with E-state index in [1.807, 2.05) is 54.6 Å². The summed E-state index contributed by atoms with van der Waals surface area (Å²) < 4.78 is 0. The van der Waals surface area contributed by atoms with E-state index >= 15 is 0 Å². The van der Waals surface area contributed by atoms with E-state index in [1.165, 1.54) is 0 Å². The van der Waals surface area contributed by atoms with Crippen molar-refractivity contribution in [3.63, 3.8) is 0 Å². The van der Waals surface area contributed by atoms with E-state index in [0.29, 0.717) is 0 Å². The second-order valence-electron chi connectivity index (χ2n) is 6.25. The maximum absolute atomic E-state index is 12.5. The van der Waals surface area contributed by atoms with Crippen LogP contribution in [0.2, 0.25) is 0 Å². The fourth-order valence-corrected chi connectivity index (χ4v) is 3.54. The lowest BCUT2D eigenvalue weighted by molar-refractivity contribution is -0.137. The van der Waals surface area contributed by atoms with E-state index in [-0.39, 0.29) is 17.9 Å². The van der Waals surface area contributed by atoms with Crippen LogP contribution >= 0.6 is 11.8 Å². The summed E-state index contributed by atoms with van der Waals surface area (Å²) >= 11 is 0.772. The van der Waals surface area contributed by atoms with Crippen LogP contribution in [0.4, 0.5) is 4.79 Å². The van der Waals surface area contributed by atoms with Crippen molar-refractivity contribution in [3.8, 4) is 11.1 Å². The second-order valence-corrected chi connectivity index (χ2v) is 7.24. The molecule has 1 heterocycles. The molecule has 8 heteroatoms. The molecule has 2 aromatic carbocycles. The van der Waals surface area contributed by atoms with Crippen molar-refractivity contribution in [2.75, 3.05) is 13.1 Å². The fraction of sp³-hybridized carbons (Fsp3) is 0.143. The van der Waals surface area contributed by atoms with Gasteiger partial charge in [-0.05, 0) is 34.5 Å². The number of nitrogens with zero attached hydrogens (tertiary/aromatic N) is 1. The Hall–Kier alpha value is -3.39. The third-order valence-electron chi connectivity index (χ3n) is 4.15. The number of hydrogen-bond donors (Lipinski definition) is 2. The number of carbonyl (C=O) groups excluding carboxylic acids is 3. The van der Waals surface area contributed by atoms with Crippen molar-refractivity contribution in [1.29, 1.82) is 0 Å². The van der Waals surface area contributed by atoms with Crippen molar-refractivity contribution in [3.05, 3.63) is 65.1 Å². The fourth-order valence-electron chi connectivity index (χ4n) is 2.70. The van der Waals surface area contributed by atoms with Crippen LogP contribution in [-0.2, 0) is 14.4 Å². The first kappa shape index (κ1) is 20.3. The molecule has 0 radical (unpaired) electrons. The van der Waals surface area contributed by atoms with Crippen molar-refractivity contribution in [2.45, 2.75) is 6.42 Å². The van der Waals surface area contributed by atoms with Crippen LogP contribution in [0.25, 0.3) is 17.2 Å². The highest BCUT2D eigenvalue weighted by atomic mass is 32.2. The zero-order valence-corrected chi connectivity index (χ0v) is 16.1. The Bertz CT molecular complexity index is 970. The number of amides is 3. The first-order valence-corrected chi connectivity index (χ1v) is 9.65. The van der Waals surface area contributed by atoms with E-state index in [0.717, 1.165) is 33.4 Å². The molecule has 1 saturated heterocycles. The largest absolute Gasteiger partial charge is 0.481 e. The maximum Gasteiger partial charge on any atom is 0.305 e. The minimum Gasteiger partial charge on any atom is -0.481 e. The predicted molar refractivity (Wildman–Crippen MR) is 110 cm³/mol. The van der Waals surface area contributed by atoms with Gasteiger partial charge in [-0.1, -0.05) is 54.6 Å². The van der Waals surface area contributed by atoms with Gasteiger partial charge < -0.3 is 10.4 Å². The molecule has 0 aromatic heterocycles. The van der Waals surface area contributed by atoms with Crippen molar-refractivity contribution in [1.82, 2.24) is 10.2 Å². The van der Waals surface area contributed by atoms with Crippen LogP contribution in [0.1, 0.15) is 12.0 Å². The number of carboxylic acids is 1. The Morgan fingerprint density at radius 2 is 1.66 bits per heavy atom. The highest BCUT2D eigenvalue weighted by Crippen LogP contribution is 2.32.